The molecule has 0 radical (unpaired) electrons. The number of rotatable bonds is 2. The van der Waals surface area contributed by atoms with Crippen LogP contribution in [0.3, 0.4) is 0 Å². The van der Waals surface area contributed by atoms with Gasteiger partial charge in [0.25, 0.3) is 6.29 Å². The minimum absolute atomic E-state index is 0.279. The standard InChI is InChI=1S/C9H12O2/c1-4-5-10-9-6-7(2)8(3)11-9/h4-6,9H,3H2,1-2H3/b5-4-/t9-/m1/s1. The van der Waals surface area contributed by atoms with Gasteiger partial charge in [0.05, 0.1) is 6.26 Å². The van der Waals surface area contributed by atoms with Crippen molar-refractivity contribution in [3.05, 3.63) is 36.3 Å². The molecule has 60 valence electrons. The van der Waals surface area contributed by atoms with Crippen molar-refractivity contribution in [1.82, 2.24) is 0 Å². The highest BCUT2D eigenvalue weighted by molar-refractivity contribution is 5.26. The smallest absolute Gasteiger partial charge is 0.260 e. The molecule has 2 heteroatoms. The summed E-state index contributed by atoms with van der Waals surface area (Å²) in [5, 5.41) is 0. The van der Waals surface area contributed by atoms with E-state index in [9.17, 15) is 0 Å². The van der Waals surface area contributed by atoms with Crippen molar-refractivity contribution < 1.29 is 9.47 Å². The minimum Gasteiger partial charge on any atom is -0.459 e. The van der Waals surface area contributed by atoms with Gasteiger partial charge < -0.3 is 9.47 Å². The molecule has 0 aromatic rings. The highest BCUT2D eigenvalue weighted by atomic mass is 16.7. The molecule has 2 nitrogen and oxygen atoms in total. The van der Waals surface area contributed by atoms with Gasteiger partial charge in [-0.05, 0) is 19.4 Å². The van der Waals surface area contributed by atoms with Crippen molar-refractivity contribution in [3.8, 4) is 0 Å². The topological polar surface area (TPSA) is 18.5 Å². The summed E-state index contributed by atoms with van der Waals surface area (Å²) in [6, 6.07) is 0. The van der Waals surface area contributed by atoms with Gasteiger partial charge in [0.15, 0.2) is 0 Å². The van der Waals surface area contributed by atoms with Crippen LogP contribution in [0.25, 0.3) is 0 Å². The molecule has 0 N–H and O–H groups in total. The first-order valence-corrected chi connectivity index (χ1v) is 3.55. The molecular formula is C9H12O2. The predicted octanol–water partition coefficient (Wildman–Crippen LogP) is 2.35. The van der Waals surface area contributed by atoms with E-state index in [1.54, 1.807) is 6.26 Å². The summed E-state index contributed by atoms with van der Waals surface area (Å²) in [4.78, 5) is 0. The third-order valence-electron chi connectivity index (χ3n) is 1.43. The van der Waals surface area contributed by atoms with E-state index in [1.165, 1.54) is 0 Å². The van der Waals surface area contributed by atoms with Gasteiger partial charge in [0.2, 0.25) is 0 Å². The van der Waals surface area contributed by atoms with E-state index in [0.717, 1.165) is 5.57 Å². The molecule has 0 spiro atoms. The molecule has 1 heterocycles. The van der Waals surface area contributed by atoms with Gasteiger partial charge >= 0.3 is 0 Å². The molecule has 1 atom stereocenters. The Bertz CT molecular complexity index is 214. The van der Waals surface area contributed by atoms with Crippen LogP contribution in [-0.4, -0.2) is 6.29 Å². The minimum atomic E-state index is -0.279. The summed E-state index contributed by atoms with van der Waals surface area (Å²) in [6.07, 6.45) is 5.03. The molecule has 0 fully saturated rings. The largest absolute Gasteiger partial charge is 0.459 e. The van der Waals surface area contributed by atoms with Gasteiger partial charge in [-0.2, -0.15) is 0 Å². The van der Waals surface area contributed by atoms with Gasteiger partial charge in [0, 0.05) is 6.08 Å². The Morgan fingerprint density at radius 3 is 2.91 bits per heavy atom. The average molecular weight is 152 g/mol. The molecule has 1 aliphatic rings. The summed E-state index contributed by atoms with van der Waals surface area (Å²) < 4.78 is 10.4. The number of hydrogen-bond acceptors (Lipinski definition) is 2. The number of hydrogen-bond donors (Lipinski definition) is 0. The molecule has 0 bridgehead atoms. The zero-order valence-corrected chi connectivity index (χ0v) is 6.83. The summed E-state index contributed by atoms with van der Waals surface area (Å²) in [5.41, 5.74) is 1.04. The first kappa shape index (κ1) is 7.92. The zero-order valence-electron chi connectivity index (χ0n) is 6.83. The Morgan fingerprint density at radius 1 is 1.73 bits per heavy atom. The van der Waals surface area contributed by atoms with Crippen LogP contribution in [0.4, 0.5) is 0 Å². The van der Waals surface area contributed by atoms with E-state index >= 15 is 0 Å². The van der Waals surface area contributed by atoms with Crippen LogP contribution < -0.4 is 0 Å². The molecule has 0 amide bonds. The van der Waals surface area contributed by atoms with E-state index in [1.807, 2.05) is 26.0 Å². The van der Waals surface area contributed by atoms with Crippen molar-refractivity contribution in [3.63, 3.8) is 0 Å². The van der Waals surface area contributed by atoms with Crippen LogP contribution in [0.15, 0.2) is 36.3 Å². The van der Waals surface area contributed by atoms with Crippen LogP contribution in [0.1, 0.15) is 13.8 Å². The quantitative estimate of drug-likeness (QED) is 0.565. The van der Waals surface area contributed by atoms with E-state index in [2.05, 4.69) is 6.58 Å². The van der Waals surface area contributed by atoms with E-state index < -0.39 is 0 Å². The lowest BCUT2D eigenvalue weighted by Gasteiger charge is -2.08. The van der Waals surface area contributed by atoms with Crippen molar-refractivity contribution >= 4 is 0 Å². The van der Waals surface area contributed by atoms with Crippen LogP contribution in [0.2, 0.25) is 0 Å². The molecule has 0 aromatic carbocycles. The average Bonchev–Trinajstić information content (AvgIpc) is 2.28. The van der Waals surface area contributed by atoms with Crippen LogP contribution in [0, 0.1) is 0 Å². The first-order valence-electron chi connectivity index (χ1n) is 3.55. The monoisotopic (exact) mass is 152 g/mol. The van der Waals surface area contributed by atoms with Crippen molar-refractivity contribution in [2.45, 2.75) is 20.1 Å². The van der Waals surface area contributed by atoms with E-state index in [4.69, 9.17) is 9.47 Å². The fourth-order valence-corrected chi connectivity index (χ4v) is 0.787. The Labute approximate surface area is 66.8 Å². The fourth-order valence-electron chi connectivity index (χ4n) is 0.787. The normalized spacial score (nSPS) is 23.6. The predicted molar refractivity (Wildman–Crippen MR) is 43.7 cm³/mol. The number of allylic oxidation sites excluding steroid dienone is 2. The van der Waals surface area contributed by atoms with Crippen LogP contribution in [-0.2, 0) is 9.47 Å². The van der Waals surface area contributed by atoms with Gasteiger partial charge in [0.1, 0.15) is 5.76 Å². The zero-order chi connectivity index (χ0) is 8.27. The second kappa shape index (κ2) is 3.28. The summed E-state index contributed by atoms with van der Waals surface area (Å²) in [5.74, 6) is 0.694. The SMILES string of the molecule is C=C1O[C@@H](O/C=C\C)C=C1C. The lowest BCUT2D eigenvalue weighted by atomic mass is 10.3. The number of ether oxygens (including phenoxy) is 2. The molecule has 0 unspecified atom stereocenters. The Balaban J connectivity index is 2.47. The Kier molecular flexibility index (Phi) is 2.36. The maximum atomic E-state index is 5.22. The summed E-state index contributed by atoms with van der Waals surface area (Å²) >= 11 is 0. The van der Waals surface area contributed by atoms with Crippen LogP contribution >= 0.6 is 0 Å². The lowest BCUT2D eigenvalue weighted by molar-refractivity contribution is -0.0220. The van der Waals surface area contributed by atoms with Gasteiger partial charge in [-0.1, -0.05) is 12.7 Å². The maximum Gasteiger partial charge on any atom is 0.260 e. The Morgan fingerprint density at radius 2 is 2.45 bits per heavy atom. The molecule has 11 heavy (non-hydrogen) atoms. The third-order valence-corrected chi connectivity index (χ3v) is 1.43. The van der Waals surface area contributed by atoms with Crippen molar-refractivity contribution in [2.24, 2.45) is 0 Å². The van der Waals surface area contributed by atoms with E-state index in [0.29, 0.717) is 5.76 Å². The summed E-state index contributed by atoms with van der Waals surface area (Å²) in [7, 11) is 0. The third kappa shape index (κ3) is 1.87. The molecule has 0 aromatic heterocycles. The fraction of sp³-hybridized carbons (Fsp3) is 0.333. The Hall–Kier alpha value is -1.18. The lowest BCUT2D eigenvalue weighted by Crippen LogP contribution is -2.04. The van der Waals surface area contributed by atoms with Crippen LogP contribution in [0.5, 0.6) is 0 Å². The van der Waals surface area contributed by atoms with E-state index in [-0.39, 0.29) is 6.29 Å². The molecule has 1 aliphatic heterocycles. The van der Waals surface area contributed by atoms with Gasteiger partial charge in [-0.15, -0.1) is 0 Å². The molecule has 1 rings (SSSR count). The molecule has 0 saturated heterocycles. The summed E-state index contributed by atoms with van der Waals surface area (Å²) in [6.45, 7) is 7.53. The molecule has 0 aliphatic carbocycles. The van der Waals surface area contributed by atoms with Crippen molar-refractivity contribution in [1.29, 1.82) is 0 Å². The van der Waals surface area contributed by atoms with Gasteiger partial charge in [-0.3, -0.25) is 0 Å². The second-order valence-electron chi connectivity index (χ2n) is 2.36. The highest BCUT2D eigenvalue weighted by Crippen LogP contribution is 2.21. The van der Waals surface area contributed by atoms with Gasteiger partial charge in [-0.25, -0.2) is 0 Å². The maximum absolute atomic E-state index is 5.22. The highest BCUT2D eigenvalue weighted by Gasteiger charge is 2.16. The second-order valence-corrected chi connectivity index (χ2v) is 2.36. The first-order chi connectivity index (χ1) is 5.24. The molecule has 0 saturated carbocycles. The molecular weight excluding hydrogens is 140 g/mol. The van der Waals surface area contributed by atoms with Crippen molar-refractivity contribution in [2.75, 3.05) is 0 Å².